The zero-order valence-corrected chi connectivity index (χ0v) is 18.5. The van der Waals surface area contributed by atoms with E-state index < -0.39 is 24.1 Å². The first-order chi connectivity index (χ1) is 14.8. The topological polar surface area (TPSA) is 96.0 Å². The number of hydrogen-bond acceptors (Lipinski definition) is 5. The van der Waals surface area contributed by atoms with Crippen molar-refractivity contribution >= 4 is 29.4 Å². The van der Waals surface area contributed by atoms with E-state index in [9.17, 15) is 19.2 Å². The van der Waals surface area contributed by atoms with Crippen LogP contribution in [-0.2, 0) is 19.1 Å². The predicted molar refractivity (Wildman–Crippen MR) is 115 cm³/mol. The smallest absolute Gasteiger partial charge is 0.354 e. The molecule has 1 atom stereocenters. The van der Waals surface area contributed by atoms with Crippen LogP contribution in [0.25, 0.3) is 0 Å². The summed E-state index contributed by atoms with van der Waals surface area (Å²) in [4.78, 5) is 54.6. The Morgan fingerprint density at radius 2 is 1.94 bits per heavy atom. The number of nitrogens with zero attached hydrogens (tertiary/aromatic N) is 2. The number of rotatable bonds is 9. The zero-order chi connectivity index (χ0) is 22.6. The average Bonchev–Trinajstić information content (AvgIpc) is 3.10. The number of anilines is 1. The van der Waals surface area contributed by atoms with Crippen LogP contribution in [0.3, 0.4) is 0 Å². The maximum absolute atomic E-state index is 13.4. The van der Waals surface area contributed by atoms with Gasteiger partial charge in [-0.05, 0) is 24.5 Å². The lowest BCUT2D eigenvalue weighted by atomic mass is 9.95. The first-order valence-corrected chi connectivity index (χ1v) is 11.0. The molecule has 0 aromatic heterocycles. The second kappa shape index (κ2) is 9.49. The van der Waals surface area contributed by atoms with Crippen LogP contribution in [0, 0.1) is 5.92 Å². The molecular formula is C23H31N3O5. The number of ether oxygens (including phenoxy) is 1. The number of carbonyl (C=O) groups excluding carboxylic acids is 4. The lowest BCUT2D eigenvalue weighted by Crippen LogP contribution is -2.69. The number of carbonyl (C=O) groups is 4. The molecule has 0 aliphatic carbocycles. The number of benzene rings is 1. The fraction of sp³-hybridized carbons (Fsp3) is 0.565. The SMILES string of the molecule is CCCCCNC(=O)COC(=O)[C@@]12CCC(=O)N1c1ccccc1C(=O)N2CC(C)C. The first kappa shape index (κ1) is 22.8. The quantitative estimate of drug-likeness (QED) is 0.481. The van der Waals surface area contributed by atoms with Crippen molar-refractivity contribution < 1.29 is 23.9 Å². The van der Waals surface area contributed by atoms with Crippen LogP contribution < -0.4 is 10.2 Å². The summed E-state index contributed by atoms with van der Waals surface area (Å²) in [5, 5.41) is 2.73. The van der Waals surface area contributed by atoms with Gasteiger partial charge >= 0.3 is 5.97 Å². The van der Waals surface area contributed by atoms with Gasteiger partial charge in [0.15, 0.2) is 6.61 Å². The maximum atomic E-state index is 13.4. The molecule has 0 radical (unpaired) electrons. The number of hydrogen-bond donors (Lipinski definition) is 1. The molecule has 1 N–H and O–H groups in total. The molecule has 2 aliphatic rings. The molecule has 0 unspecified atom stereocenters. The summed E-state index contributed by atoms with van der Waals surface area (Å²) < 4.78 is 5.39. The molecule has 31 heavy (non-hydrogen) atoms. The maximum Gasteiger partial charge on any atom is 0.354 e. The number of para-hydroxylation sites is 1. The second-order valence-corrected chi connectivity index (χ2v) is 8.51. The fourth-order valence-corrected chi connectivity index (χ4v) is 4.27. The molecular weight excluding hydrogens is 398 g/mol. The van der Waals surface area contributed by atoms with Gasteiger partial charge in [0.25, 0.3) is 11.8 Å². The minimum absolute atomic E-state index is 0.0679. The standard InChI is InChI=1S/C23H31N3O5/c1-4-5-8-13-24-19(27)15-31-22(30)23-12-11-20(28)26(23)18-10-7-6-9-17(18)21(29)25(23)14-16(2)3/h6-7,9-10,16H,4-5,8,11-15H2,1-3H3,(H,24,27)/t23-/m1/s1. The molecule has 3 amide bonds. The van der Waals surface area contributed by atoms with Crippen molar-refractivity contribution in [1.82, 2.24) is 10.2 Å². The van der Waals surface area contributed by atoms with Crippen molar-refractivity contribution in [2.24, 2.45) is 5.92 Å². The molecule has 2 aliphatic heterocycles. The zero-order valence-electron chi connectivity index (χ0n) is 18.5. The average molecular weight is 430 g/mol. The Balaban J connectivity index is 1.87. The molecule has 2 heterocycles. The molecule has 8 heteroatoms. The molecule has 0 saturated carbocycles. The summed E-state index contributed by atoms with van der Waals surface area (Å²) in [6.45, 7) is 6.32. The van der Waals surface area contributed by atoms with E-state index in [1.807, 2.05) is 13.8 Å². The van der Waals surface area contributed by atoms with Crippen molar-refractivity contribution in [3.63, 3.8) is 0 Å². The van der Waals surface area contributed by atoms with Gasteiger partial charge in [0, 0.05) is 25.9 Å². The highest BCUT2D eigenvalue weighted by Crippen LogP contribution is 2.45. The van der Waals surface area contributed by atoms with Crippen LogP contribution >= 0.6 is 0 Å². The van der Waals surface area contributed by atoms with E-state index in [0.717, 1.165) is 19.3 Å². The highest BCUT2D eigenvalue weighted by Gasteiger charge is 2.62. The molecule has 1 fully saturated rings. The molecule has 0 bridgehead atoms. The lowest BCUT2D eigenvalue weighted by molar-refractivity contribution is -0.160. The van der Waals surface area contributed by atoms with Crippen LogP contribution in [0.15, 0.2) is 24.3 Å². The molecule has 3 rings (SSSR count). The second-order valence-electron chi connectivity index (χ2n) is 8.51. The van der Waals surface area contributed by atoms with E-state index in [1.54, 1.807) is 24.3 Å². The Labute approximate surface area is 182 Å². The summed E-state index contributed by atoms with van der Waals surface area (Å²) in [6, 6.07) is 6.80. The van der Waals surface area contributed by atoms with Crippen molar-refractivity contribution in [1.29, 1.82) is 0 Å². The van der Waals surface area contributed by atoms with Gasteiger partial charge < -0.3 is 15.0 Å². The van der Waals surface area contributed by atoms with Crippen molar-refractivity contribution in [3.05, 3.63) is 29.8 Å². The Morgan fingerprint density at radius 3 is 2.65 bits per heavy atom. The molecule has 8 nitrogen and oxygen atoms in total. The van der Waals surface area contributed by atoms with Crippen LogP contribution in [-0.4, -0.2) is 54.0 Å². The van der Waals surface area contributed by atoms with E-state index in [2.05, 4.69) is 12.2 Å². The van der Waals surface area contributed by atoms with E-state index in [4.69, 9.17) is 4.74 Å². The summed E-state index contributed by atoms with van der Waals surface area (Å²) >= 11 is 0. The van der Waals surface area contributed by atoms with Gasteiger partial charge in [-0.2, -0.15) is 0 Å². The van der Waals surface area contributed by atoms with Gasteiger partial charge in [0.05, 0.1) is 11.3 Å². The minimum atomic E-state index is -1.56. The summed E-state index contributed by atoms with van der Waals surface area (Å²) in [6.07, 6.45) is 3.16. The van der Waals surface area contributed by atoms with Crippen molar-refractivity contribution in [2.75, 3.05) is 24.6 Å². The van der Waals surface area contributed by atoms with Crippen LogP contribution in [0.1, 0.15) is 63.2 Å². The van der Waals surface area contributed by atoms with Gasteiger partial charge in [0.2, 0.25) is 11.6 Å². The molecule has 1 aromatic rings. The highest BCUT2D eigenvalue weighted by molar-refractivity contribution is 6.15. The van der Waals surface area contributed by atoms with E-state index >= 15 is 0 Å². The van der Waals surface area contributed by atoms with Crippen molar-refractivity contribution in [3.8, 4) is 0 Å². The number of unbranched alkanes of at least 4 members (excludes halogenated alkanes) is 2. The predicted octanol–water partition coefficient (Wildman–Crippen LogP) is 2.47. The Morgan fingerprint density at radius 1 is 1.19 bits per heavy atom. The van der Waals surface area contributed by atoms with Gasteiger partial charge in [-0.25, -0.2) is 4.79 Å². The largest absolute Gasteiger partial charge is 0.452 e. The highest BCUT2D eigenvalue weighted by atomic mass is 16.5. The first-order valence-electron chi connectivity index (χ1n) is 11.0. The van der Waals surface area contributed by atoms with E-state index in [0.29, 0.717) is 17.8 Å². The third kappa shape index (κ3) is 4.29. The van der Waals surface area contributed by atoms with Gasteiger partial charge in [-0.15, -0.1) is 0 Å². The Hall–Kier alpha value is -2.90. The third-order valence-corrected chi connectivity index (χ3v) is 5.69. The van der Waals surface area contributed by atoms with Crippen LogP contribution in [0.4, 0.5) is 5.69 Å². The molecule has 0 spiro atoms. The fourth-order valence-electron chi connectivity index (χ4n) is 4.27. The summed E-state index contributed by atoms with van der Waals surface area (Å²) in [7, 11) is 0. The Kier molecular flexibility index (Phi) is 6.97. The molecule has 168 valence electrons. The number of amides is 3. The molecule has 1 saturated heterocycles. The summed E-state index contributed by atoms with van der Waals surface area (Å²) in [5.41, 5.74) is -0.763. The Bertz CT molecular complexity index is 869. The van der Waals surface area contributed by atoms with Crippen molar-refractivity contribution in [2.45, 2.75) is 58.5 Å². The summed E-state index contributed by atoms with van der Waals surface area (Å²) in [5.74, 6) is -1.62. The number of esters is 1. The van der Waals surface area contributed by atoms with Gasteiger partial charge in [-0.1, -0.05) is 45.7 Å². The monoisotopic (exact) mass is 429 g/mol. The third-order valence-electron chi connectivity index (χ3n) is 5.69. The molecule has 1 aromatic carbocycles. The minimum Gasteiger partial charge on any atom is -0.452 e. The normalized spacial score (nSPS) is 20.0. The van der Waals surface area contributed by atoms with Gasteiger partial charge in [-0.3, -0.25) is 19.3 Å². The lowest BCUT2D eigenvalue weighted by Gasteiger charge is -2.48. The van der Waals surface area contributed by atoms with Gasteiger partial charge in [0.1, 0.15) is 0 Å². The van der Waals surface area contributed by atoms with E-state index in [1.165, 1.54) is 9.80 Å². The van der Waals surface area contributed by atoms with Crippen LogP contribution in [0.2, 0.25) is 0 Å². The van der Waals surface area contributed by atoms with Crippen LogP contribution in [0.5, 0.6) is 0 Å². The van der Waals surface area contributed by atoms with E-state index in [-0.39, 0.29) is 37.1 Å². The number of fused-ring (bicyclic) bond motifs is 3. The number of nitrogens with one attached hydrogen (secondary N) is 1.